The molecule has 0 spiro atoms. The van der Waals surface area contributed by atoms with Crippen LogP contribution in [-0.2, 0) is 7.05 Å². The van der Waals surface area contributed by atoms with Gasteiger partial charge in [0, 0.05) is 30.3 Å². The third kappa shape index (κ3) is 3.78. The van der Waals surface area contributed by atoms with E-state index in [2.05, 4.69) is 46.8 Å². The van der Waals surface area contributed by atoms with Crippen LogP contribution < -0.4 is 0 Å². The number of rotatable bonds is 2. The normalized spacial score (nSPS) is 16.4. The van der Waals surface area contributed by atoms with Crippen molar-refractivity contribution in [2.75, 3.05) is 13.1 Å². The van der Waals surface area contributed by atoms with Gasteiger partial charge in [0.25, 0.3) is 0 Å². The van der Waals surface area contributed by atoms with Crippen LogP contribution in [0.15, 0.2) is 36.5 Å². The van der Waals surface area contributed by atoms with Crippen molar-refractivity contribution in [1.29, 1.82) is 0 Å². The molecule has 1 aliphatic rings. The molecule has 31 heavy (non-hydrogen) atoms. The first kappa shape index (κ1) is 20.0. The van der Waals surface area contributed by atoms with Gasteiger partial charge < -0.3 is 0 Å². The second kappa shape index (κ2) is 7.34. The Kier molecular flexibility index (Phi) is 4.73. The summed E-state index contributed by atoms with van der Waals surface area (Å²) in [5, 5.41) is 4.21. The van der Waals surface area contributed by atoms with Gasteiger partial charge >= 0.3 is 0 Å². The number of halogens is 1. The summed E-state index contributed by atoms with van der Waals surface area (Å²) in [6.45, 7) is 9.00. The fourth-order valence-electron chi connectivity index (χ4n) is 4.45. The van der Waals surface area contributed by atoms with E-state index < -0.39 is 5.82 Å². The Morgan fingerprint density at radius 2 is 1.61 bits per heavy atom. The molecule has 0 atom stereocenters. The van der Waals surface area contributed by atoms with E-state index in [0.29, 0.717) is 22.6 Å². The van der Waals surface area contributed by atoms with Crippen LogP contribution in [0.4, 0.5) is 4.39 Å². The first-order valence-electron chi connectivity index (χ1n) is 10.8. The number of aromatic nitrogens is 5. The molecule has 0 aromatic carbocycles. The van der Waals surface area contributed by atoms with Crippen molar-refractivity contribution >= 4 is 22.1 Å². The summed E-state index contributed by atoms with van der Waals surface area (Å²) in [5.74, 6) is 0.0445. The van der Waals surface area contributed by atoms with Crippen molar-refractivity contribution in [1.82, 2.24) is 29.6 Å². The Bertz CT molecular complexity index is 1260. The van der Waals surface area contributed by atoms with Gasteiger partial charge in [-0.2, -0.15) is 5.10 Å². The maximum atomic E-state index is 14.7. The standard InChI is InChI=1S/C24H27FN6/c1-24(2,3)31-11-9-15(10-12-31)17-5-6-19-18(26-17)7-8-20(27-19)23-16(25)13-21-22(28-23)14-30(4)29-21/h5-8,13-15H,9-12H2,1-4H3. The van der Waals surface area contributed by atoms with Crippen LogP contribution in [0.2, 0.25) is 0 Å². The van der Waals surface area contributed by atoms with Crippen molar-refractivity contribution in [3.8, 4) is 11.4 Å². The summed E-state index contributed by atoms with van der Waals surface area (Å²) in [7, 11) is 1.80. The van der Waals surface area contributed by atoms with Gasteiger partial charge in [-0.3, -0.25) is 14.6 Å². The van der Waals surface area contributed by atoms with E-state index in [1.807, 2.05) is 12.1 Å². The van der Waals surface area contributed by atoms with Crippen LogP contribution in [0.25, 0.3) is 33.5 Å². The molecule has 0 saturated carbocycles. The van der Waals surface area contributed by atoms with E-state index in [1.165, 1.54) is 6.07 Å². The number of piperidine rings is 1. The summed E-state index contributed by atoms with van der Waals surface area (Å²) in [4.78, 5) is 16.5. The molecule has 0 unspecified atom stereocenters. The minimum Gasteiger partial charge on any atom is -0.298 e. The Balaban J connectivity index is 1.43. The quantitative estimate of drug-likeness (QED) is 0.472. The molecule has 1 saturated heterocycles. The second-order valence-corrected chi connectivity index (χ2v) is 9.43. The summed E-state index contributed by atoms with van der Waals surface area (Å²) in [6, 6.07) is 9.20. The van der Waals surface area contributed by atoms with Gasteiger partial charge in [-0.15, -0.1) is 0 Å². The minimum atomic E-state index is -0.423. The second-order valence-electron chi connectivity index (χ2n) is 9.43. The molecular formula is C24H27FN6. The number of hydrogen-bond acceptors (Lipinski definition) is 5. The average Bonchev–Trinajstić information content (AvgIpc) is 3.10. The van der Waals surface area contributed by atoms with Gasteiger partial charge in [-0.25, -0.2) is 14.4 Å². The lowest BCUT2D eigenvalue weighted by Gasteiger charge is -2.40. The van der Waals surface area contributed by atoms with Crippen molar-refractivity contribution in [3.05, 3.63) is 48.0 Å². The molecular weight excluding hydrogens is 391 g/mol. The third-order valence-corrected chi connectivity index (χ3v) is 6.23. The van der Waals surface area contributed by atoms with E-state index in [1.54, 1.807) is 24.0 Å². The zero-order valence-electron chi connectivity index (χ0n) is 18.4. The third-order valence-electron chi connectivity index (χ3n) is 6.23. The predicted molar refractivity (Wildman–Crippen MR) is 120 cm³/mol. The highest BCUT2D eigenvalue weighted by atomic mass is 19.1. The molecule has 0 amide bonds. The summed E-state index contributed by atoms with van der Waals surface area (Å²) < 4.78 is 16.3. The van der Waals surface area contributed by atoms with Gasteiger partial charge in [0.2, 0.25) is 0 Å². The largest absolute Gasteiger partial charge is 0.298 e. The monoisotopic (exact) mass is 418 g/mol. The highest BCUT2D eigenvalue weighted by Gasteiger charge is 2.28. The molecule has 7 heteroatoms. The van der Waals surface area contributed by atoms with Crippen LogP contribution in [-0.4, -0.2) is 48.3 Å². The fourth-order valence-corrected chi connectivity index (χ4v) is 4.45. The van der Waals surface area contributed by atoms with E-state index in [-0.39, 0.29) is 11.2 Å². The maximum Gasteiger partial charge on any atom is 0.153 e. The predicted octanol–water partition coefficient (Wildman–Crippen LogP) is 4.70. The first-order valence-corrected chi connectivity index (χ1v) is 10.8. The van der Waals surface area contributed by atoms with Crippen LogP contribution in [0.5, 0.6) is 0 Å². The molecule has 5 rings (SSSR count). The molecule has 1 fully saturated rings. The van der Waals surface area contributed by atoms with Crippen LogP contribution in [0.1, 0.15) is 45.2 Å². The Hall–Kier alpha value is -2.93. The van der Waals surface area contributed by atoms with Gasteiger partial charge in [0.15, 0.2) is 5.82 Å². The smallest absolute Gasteiger partial charge is 0.153 e. The van der Waals surface area contributed by atoms with Crippen molar-refractivity contribution < 1.29 is 4.39 Å². The summed E-state index contributed by atoms with van der Waals surface area (Å²) in [5.41, 5.74) is 4.85. The van der Waals surface area contributed by atoms with Crippen molar-refractivity contribution in [2.45, 2.75) is 45.1 Å². The highest BCUT2D eigenvalue weighted by molar-refractivity contribution is 5.80. The summed E-state index contributed by atoms with van der Waals surface area (Å²) >= 11 is 0. The first-order chi connectivity index (χ1) is 14.8. The number of aryl methyl sites for hydroxylation is 1. The molecule has 5 heterocycles. The number of likely N-dealkylation sites (tertiary alicyclic amines) is 1. The number of pyridine rings is 3. The maximum absolute atomic E-state index is 14.7. The summed E-state index contributed by atoms with van der Waals surface area (Å²) in [6.07, 6.45) is 4.00. The highest BCUT2D eigenvalue weighted by Crippen LogP contribution is 2.31. The van der Waals surface area contributed by atoms with E-state index in [4.69, 9.17) is 4.98 Å². The van der Waals surface area contributed by atoms with Crippen molar-refractivity contribution in [2.24, 2.45) is 7.05 Å². The van der Waals surface area contributed by atoms with E-state index in [0.717, 1.165) is 42.7 Å². The molecule has 4 aromatic heterocycles. The molecule has 160 valence electrons. The lowest BCUT2D eigenvalue weighted by molar-refractivity contribution is 0.102. The lowest BCUT2D eigenvalue weighted by atomic mass is 9.90. The van der Waals surface area contributed by atoms with Gasteiger partial charge in [-0.05, 0) is 71.0 Å². The van der Waals surface area contributed by atoms with E-state index >= 15 is 0 Å². The zero-order chi connectivity index (χ0) is 21.8. The molecule has 1 aliphatic heterocycles. The fraction of sp³-hybridized carbons (Fsp3) is 0.417. The van der Waals surface area contributed by atoms with Crippen LogP contribution in [0.3, 0.4) is 0 Å². The van der Waals surface area contributed by atoms with Gasteiger partial charge in [0.05, 0.1) is 22.9 Å². The Morgan fingerprint density at radius 3 is 2.35 bits per heavy atom. The molecule has 4 aromatic rings. The lowest BCUT2D eigenvalue weighted by Crippen LogP contribution is -2.45. The van der Waals surface area contributed by atoms with Gasteiger partial charge in [0.1, 0.15) is 16.7 Å². The molecule has 0 aliphatic carbocycles. The molecule has 0 radical (unpaired) electrons. The Morgan fingerprint density at radius 1 is 0.903 bits per heavy atom. The van der Waals surface area contributed by atoms with Gasteiger partial charge in [-0.1, -0.05) is 0 Å². The Labute approximate surface area is 181 Å². The SMILES string of the molecule is Cn1cc2nc(-c3ccc4nc(C5CCN(C(C)(C)C)CC5)ccc4n3)c(F)cc2n1. The zero-order valence-corrected chi connectivity index (χ0v) is 18.4. The average molecular weight is 419 g/mol. The molecule has 6 nitrogen and oxygen atoms in total. The van der Waals surface area contributed by atoms with Crippen molar-refractivity contribution in [3.63, 3.8) is 0 Å². The minimum absolute atomic E-state index is 0.213. The molecule has 0 bridgehead atoms. The number of hydrogen-bond donors (Lipinski definition) is 0. The van der Waals surface area contributed by atoms with Crippen LogP contribution >= 0.6 is 0 Å². The van der Waals surface area contributed by atoms with Crippen LogP contribution in [0, 0.1) is 5.82 Å². The molecule has 0 N–H and O–H groups in total. The number of fused-ring (bicyclic) bond motifs is 2. The number of nitrogens with zero attached hydrogens (tertiary/aromatic N) is 6. The van der Waals surface area contributed by atoms with E-state index in [9.17, 15) is 4.39 Å². The topological polar surface area (TPSA) is 59.7 Å².